The van der Waals surface area contributed by atoms with Crippen molar-refractivity contribution in [2.75, 3.05) is 51.8 Å². The first-order valence-corrected chi connectivity index (χ1v) is 9.54. The summed E-state index contributed by atoms with van der Waals surface area (Å²) in [5.41, 5.74) is 1.74. The van der Waals surface area contributed by atoms with Crippen molar-refractivity contribution < 1.29 is 13.9 Å². The molecule has 2 aromatic carbocycles. The molecule has 0 atom stereocenters. The number of hydrogen-bond acceptors (Lipinski definition) is 5. The number of ether oxygens (including phenoxy) is 1. The molecule has 152 valence electrons. The Kier molecular flexibility index (Phi) is 6.68. The van der Waals surface area contributed by atoms with Gasteiger partial charge in [-0.15, -0.1) is 0 Å². The van der Waals surface area contributed by atoms with Gasteiger partial charge in [0, 0.05) is 39.8 Å². The zero-order chi connectivity index (χ0) is 20.8. The van der Waals surface area contributed by atoms with Gasteiger partial charge < -0.3 is 14.5 Å². The highest BCUT2D eigenvalue weighted by Gasteiger charge is 2.23. The van der Waals surface area contributed by atoms with Gasteiger partial charge in [0.1, 0.15) is 23.2 Å². The Hall–Kier alpha value is -3.11. The number of carbonyl (C=O) groups is 1. The number of piperazine rings is 1. The normalized spacial score (nSPS) is 14.3. The lowest BCUT2D eigenvalue weighted by Gasteiger charge is -2.36. The largest absolute Gasteiger partial charge is 0.497 e. The molecule has 1 saturated heterocycles. The zero-order valence-corrected chi connectivity index (χ0v) is 16.8. The summed E-state index contributed by atoms with van der Waals surface area (Å²) in [4.78, 5) is 18.4. The molecule has 6 nitrogen and oxygen atoms in total. The van der Waals surface area contributed by atoms with E-state index in [2.05, 4.69) is 4.90 Å². The van der Waals surface area contributed by atoms with E-state index in [9.17, 15) is 14.4 Å². The van der Waals surface area contributed by atoms with Crippen molar-refractivity contribution in [1.29, 1.82) is 5.26 Å². The Morgan fingerprint density at radius 2 is 1.86 bits per heavy atom. The lowest BCUT2D eigenvalue weighted by atomic mass is 10.1. The topological polar surface area (TPSA) is 59.8 Å². The van der Waals surface area contributed by atoms with E-state index in [0.29, 0.717) is 45.0 Å². The molecular weight excluding hydrogens is 371 g/mol. The SMILES string of the molecule is COc1ccc(CN(C)C(=O)CN2CCN(c3cccc(F)c3C#N)CC2)cc1. The molecular formula is C22H25FN4O2. The number of halogens is 1. The molecule has 7 heteroatoms. The van der Waals surface area contributed by atoms with Gasteiger partial charge in [0.05, 0.1) is 19.3 Å². The number of benzene rings is 2. The van der Waals surface area contributed by atoms with E-state index in [0.717, 1.165) is 11.3 Å². The average Bonchev–Trinajstić information content (AvgIpc) is 2.74. The predicted octanol–water partition coefficient (Wildman–Crippen LogP) is 2.49. The highest BCUT2D eigenvalue weighted by Crippen LogP contribution is 2.23. The molecule has 1 aliphatic heterocycles. The van der Waals surface area contributed by atoms with Crippen LogP contribution in [0.4, 0.5) is 10.1 Å². The van der Waals surface area contributed by atoms with Crippen molar-refractivity contribution >= 4 is 11.6 Å². The second-order valence-electron chi connectivity index (χ2n) is 7.11. The number of anilines is 1. The van der Waals surface area contributed by atoms with Crippen LogP contribution in [0.2, 0.25) is 0 Å². The van der Waals surface area contributed by atoms with Crippen molar-refractivity contribution in [3.8, 4) is 11.8 Å². The highest BCUT2D eigenvalue weighted by molar-refractivity contribution is 5.78. The summed E-state index contributed by atoms with van der Waals surface area (Å²) in [6.07, 6.45) is 0. The first kappa shape index (κ1) is 20.6. The van der Waals surface area contributed by atoms with Crippen molar-refractivity contribution in [2.24, 2.45) is 0 Å². The van der Waals surface area contributed by atoms with E-state index in [4.69, 9.17) is 4.74 Å². The Balaban J connectivity index is 1.51. The van der Waals surface area contributed by atoms with Gasteiger partial charge in [0.2, 0.25) is 5.91 Å². The molecule has 0 spiro atoms. The van der Waals surface area contributed by atoms with Gasteiger partial charge in [0.15, 0.2) is 0 Å². The van der Waals surface area contributed by atoms with Crippen LogP contribution >= 0.6 is 0 Å². The number of rotatable bonds is 6. The molecule has 0 radical (unpaired) electrons. The van der Waals surface area contributed by atoms with Gasteiger partial charge in [-0.2, -0.15) is 5.26 Å². The lowest BCUT2D eigenvalue weighted by molar-refractivity contribution is -0.131. The van der Waals surface area contributed by atoms with E-state index < -0.39 is 5.82 Å². The number of methoxy groups -OCH3 is 1. The monoisotopic (exact) mass is 396 g/mol. The molecule has 1 amide bonds. The van der Waals surface area contributed by atoms with Crippen LogP contribution in [0.25, 0.3) is 0 Å². The molecule has 0 aliphatic carbocycles. The Morgan fingerprint density at radius 3 is 2.48 bits per heavy atom. The van der Waals surface area contributed by atoms with Gasteiger partial charge >= 0.3 is 0 Å². The third kappa shape index (κ3) is 5.04. The number of likely N-dealkylation sites (N-methyl/N-ethyl adjacent to an activating group) is 1. The van der Waals surface area contributed by atoms with E-state index in [1.165, 1.54) is 6.07 Å². The summed E-state index contributed by atoms with van der Waals surface area (Å²) in [5, 5.41) is 9.23. The van der Waals surface area contributed by atoms with Crippen LogP contribution in [0.1, 0.15) is 11.1 Å². The minimum absolute atomic E-state index is 0.0535. The van der Waals surface area contributed by atoms with Crippen molar-refractivity contribution in [2.45, 2.75) is 6.54 Å². The van der Waals surface area contributed by atoms with E-state index >= 15 is 0 Å². The molecule has 1 fully saturated rings. The van der Waals surface area contributed by atoms with Crippen molar-refractivity contribution in [1.82, 2.24) is 9.80 Å². The van der Waals surface area contributed by atoms with Gasteiger partial charge in [0.25, 0.3) is 0 Å². The first-order valence-electron chi connectivity index (χ1n) is 9.54. The number of hydrogen-bond donors (Lipinski definition) is 0. The summed E-state index contributed by atoms with van der Waals surface area (Å²) >= 11 is 0. The van der Waals surface area contributed by atoms with Crippen molar-refractivity contribution in [3.05, 3.63) is 59.4 Å². The van der Waals surface area contributed by atoms with Crippen LogP contribution in [-0.2, 0) is 11.3 Å². The highest BCUT2D eigenvalue weighted by atomic mass is 19.1. The van der Waals surface area contributed by atoms with Gasteiger partial charge in [-0.05, 0) is 29.8 Å². The molecule has 2 aromatic rings. The van der Waals surface area contributed by atoms with Crippen molar-refractivity contribution in [3.63, 3.8) is 0 Å². The molecule has 0 saturated carbocycles. The van der Waals surface area contributed by atoms with Crippen LogP contribution in [0, 0.1) is 17.1 Å². The number of amides is 1. The fourth-order valence-corrected chi connectivity index (χ4v) is 3.44. The zero-order valence-electron chi connectivity index (χ0n) is 16.8. The summed E-state index contributed by atoms with van der Waals surface area (Å²) < 4.78 is 19.0. The minimum Gasteiger partial charge on any atom is -0.497 e. The van der Waals surface area contributed by atoms with E-state index in [1.807, 2.05) is 35.2 Å². The van der Waals surface area contributed by atoms with Crippen LogP contribution < -0.4 is 9.64 Å². The average molecular weight is 396 g/mol. The second-order valence-corrected chi connectivity index (χ2v) is 7.11. The molecule has 29 heavy (non-hydrogen) atoms. The Morgan fingerprint density at radius 1 is 1.17 bits per heavy atom. The molecule has 0 bridgehead atoms. The Bertz CT molecular complexity index is 887. The van der Waals surface area contributed by atoms with E-state index in [-0.39, 0.29) is 11.5 Å². The number of carbonyl (C=O) groups excluding carboxylic acids is 1. The third-order valence-corrected chi connectivity index (χ3v) is 5.18. The van der Waals surface area contributed by atoms with Crippen LogP contribution in [-0.4, -0.2) is 62.6 Å². The standard InChI is InChI=1S/C22H25FN4O2/c1-25(15-17-6-8-18(29-2)9-7-17)22(28)16-26-10-12-27(13-11-26)21-5-3-4-20(23)19(21)14-24/h3-9H,10-13,15-16H2,1-2H3. The fraction of sp³-hybridized carbons (Fsp3) is 0.364. The maximum absolute atomic E-state index is 13.8. The van der Waals surface area contributed by atoms with Gasteiger partial charge in [-0.3, -0.25) is 9.69 Å². The molecule has 1 aliphatic rings. The second kappa shape index (κ2) is 9.39. The predicted molar refractivity (Wildman–Crippen MR) is 109 cm³/mol. The lowest BCUT2D eigenvalue weighted by Crippen LogP contribution is -2.49. The van der Waals surface area contributed by atoms with Crippen LogP contribution in [0.5, 0.6) is 5.75 Å². The van der Waals surface area contributed by atoms with Gasteiger partial charge in [-0.1, -0.05) is 18.2 Å². The van der Waals surface area contributed by atoms with Crippen LogP contribution in [0.15, 0.2) is 42.5 Å². The van der Waals surface area contributed by atoms with E-state index in [1.54, 1.807) is 31.2 Å². The Labute approximate surface area is 170 Å². The maximum Gasteiger partial charge on any atom is 0.236 e. The smallest absolute Gasteiger partial charge is 0.236 e. The minimum atomic E-state index is -0.497. The molecule has 3 rings (SSSR count). The van der Waals surface area contributed by atoms with Crippen LogP contribution in [0.3, 0.4) is 0 Å². The summed E-state index contributed by atoms with van der Waals surface area (Å²) in [5.74, 6) is 0.346. The number of nitriles is 1. The first-order chi connectivity index (χ1) is 14.0. The number of nitrogens with zero attached hydrogens (tertiary/aromatic N) is 4. The molecule has 0 N–H and O–H groups in total. The quantitative estimate of drug-likeness (QED) is 0.751. The summed E-state index contributed by atoms with van der Waals surface area (Å²) in [6, 6.07) is 14.3. The molecule has 1 heterocycles. The fourth-order valence-electron chi connectivity index (χ4n) is 3.44. The molecule has 0 unspecified atom stereocenters. The van der Waals surface area contributed by atoms with Gasteiger partial charge in [-0.25, -0.2) is 4.39 Å². The third-order valence-electron chi connectivity index (χ3n) is 5.18. The maximum atomic E-state index is 13.8. The summed E-state index contributed by atoms with van der Waals surface area (Å²) in [6.45, 7) is 3.54. The summed E-state index contributed by atoms with van der Waals surface area (Å²) in [7, 11) is 3.43. The molecule has 0 aromatic heterocycles.